The molecule has 0 aliphatic carbocycles. The third kappa shape index (κ3) is 3.65. The van der Waals surface area contributed by atoms with E-state index in [4.69, 9.17) is 0 Å². The molecule has 0 aromatic heterocycles. The van der Waals surface area contributed by atoms with Gasteiger partial charge in [-0.15, -0.1) is 0 Å². The molecule has 2 N–H and O–H groups in total. The van der Waals surface area contributed by atoms with Crippen molar-refractivity contribution in [3.05, 3.63) is 29.8 Å². The number of hydrogen-bond acceptors (Lipinski definition) is 3. The van der Waals surface area contributed by atoms with Crippen molar-refractivity contribution in [3.63, 3.8) is 0 Å². The topological polar surface area (TPSA) is 69.6 Å². The highest BCUT2D eigenvalue weighted by molar-refractivity contribution is 5.99. The van der Waals surface area contributed by atoms with Crippen molar-refractivity contribution < 1.29 is 14.7 Å². The van der Waals surface area contributed by atoms with Crippen molar-refractivity contribution >= 4 is 17.5 Å². The van der Waals surface area contributed by atoms with E-state index in [0.717, 1.165) is 12.1 Å². The third-order valence-corrected chi connectivity index (χ3v) is 4.34. The molecular weight excluding hydrogens is 280 g/mol. The maximum absolute atomic E-state index is 12.2. The Labute approximate surface area is 131 Å². The molecule has 5 heteroatoms. The highest BCUT2D eigenvalue weighted by Crippen LogP contribution is 2.22. The van der Waals surface area contributed by atoms with Gasteiger partial charge in [0.2, 0.25) is 5.91 Å². The van der Waals surface area contributed by atoms with E-state index in [9.17, 15) is 14.7 Å². The Balaban J connectivity index is 2.06. The third-order valence-electron chi connectivity index (χ3n) is 4.34. The average molecular weight is 304 g/mol. The van der Waals surface area contributed by atoms with Gasteiger partial charge in [-0.05, 0) is 37.5 Å². The number of benzene rings is 1. The zero-order valence-corrected chi connectivity index (χ0v) is 13.4. The number of carbonyl (C=O) groups is 2. The van der Waals surface area contributed by atoms with Crippen LogP contribution in [0.2, 0.25) is 0 Å². The van der Waals surface area contributed by atoms with E-state index in [1.807, 2.05) is 19.9 Å². The second-order valence-corrected chi connectivity index (χ2v) is 6.39. The van der Waals surface area contributed by atoms with Crippen LogP contribution >= 0.6 is 0 Å². The van der Waals surface area contributed by atoms with Gasteiger partial charge in [0.15, 0.2) is 0 Å². The van der Waals surface area contributed by atoms with Crippen LogP contribution in [0.4, 0.5) is 5.69 Å². The van der Waals surface area contributed by atoms with Gasteiger partial charge in [-0.2, -0.15) is 0 Å². The first-order valence-corrected chi connectivity index (χ1v) is 7.72. The molecule has 1 unspecified atom stereocenters. The number of carbonyl (C=O) groups excluding carboxylic acids is 2. The molecule has 1 aliphatic heterocycles. The summed E-state index contributed by atoms with van der Waals surface area (Å²) in [5.74, 6) is -0.101. The van der Waals surface area contributed by atoms with E-state index in [2.05, 4.69) is 5.32 Å². The quantitative estimate of drug-likeness (QED) is 0.873. The van der Waals surface area contributed by atoms with Gasteiger partial charge in [-0.1, -0.05) is 19.9 Å². The lowest BCUT2D eigenvalue weighted by Gasteiger charge is -2.27. The van der Waals surface area contributed by atoms with Gasteiger partial charge in [-0.25, -0.2) is 0 Å². The minimum atomic E-state index is -0.946. The Morgan fingerprint density at radius 2 is 2.18 bits per heavy atom. The molecule has 1 fully saturated rings. The van der Waals surface area contributed by atoms with E-state index < -0.39 is 5.60 Å². The van der Waals surface area contributed by atoms with Crippen LogP contribution in [-0.4, -0.2) is 35.6 Å². The molecule has 0 bridgehead atoms. The first-order valence-electron chi connectivity index (χ1n) is 7.72. The minimum Gasteiger partial charge on any atom is -0.388 e. The second-order valence-electron chi connectivity index (χ2n) is 6.39. The summed E-state index contributed by atoms with van der Waals surface area (Å²) in [7, 11) is 0. The van der Waals surface area contributed by atoms with Gasteiger partial charge in [-0.3, -0.25) is 9.59 Å². The molecule has 120 valence electrons. The van der Waals surface area contributed by atoms with Crippen LogP contribution in [0.3, 0.4) is 0 Å². The fourth-order valence-corrected chi connectivity index (χ4v) is 2.30. The molecule has 2 amide bonds. The minimum absolute atomic E-state index is 0.0429. The predicted octanol–water partition coefficient (Wildman–Crippen LogP) is 1.95. The second kappa shape index (κ2) is 6.48. The fraction of sp³-hybridized carbons (Fsp3) is 0.529. The number of anilines is 1. The van der Waals surface area contributed by atoms with Crippen LogP contribution in [0.5, 0.6) is 0 Å². The van der Waals surface area contributed by atoms with Crippen molar-refractivity contribution in [2.75, 3.05) is 18.0 Å². The smallest absolute Gasteiger partial charge is 0.251 e. The SMILES string of the molecule is CC(C)C(C)(O)CNC(=O)c1cccc(N2CCCC2=O)c1. The Morgan fingerprint density at radius 1 is 1.45 bits per heavy atom. The van der Waals surface area contributed by atoms with Gasteiger partial charge in [0.05, 0.1) is 5.60 Å². The summed E-state index contributed by atoms with van der Waals surface area (Å²) < 4.78 is 0. The summed E-state index contributed by atoms with van der Waals surface area (Å²) in [6.07, 6.45) is 1.42. The van der Waals surface area contributed by atoms with Crippen LogP contribution < -0.4 is 10.2 Å². The van der Waals surface area contributed by atoms with E-state index in [1.165, 1.54) is 0 Å². The molecule has 1 aromatic rings. The normalized spacial score (nSPS) is 17.7. The van der Waals surface area contributed by atoms with Crippen molar-refractivity contribution in [2.45, 2.75) is 39.2 Å². The van der Waals surface area contributed by atoms with E-state index >= 15 is 0 Å². The molecule has 1 heterocycles. The van der Waals surface area contributed by atoms with Gasteiger partial charge >= 0.3 is 0 Å². The Morgan fingerprint density at radius 3 is 2.77 bits per heavy atom. The van der Waals surface area contributed by atoms with Gasteiger partial charge in [0.1, 0.15) is 0 Å². The standard InChI is InChI=1S/C17H24N2O3/c1-12(2)17(3,22)11-18-16(21)13-6-4-7-14(10-13)19-9-5-8-15(19)20/h4,6-7,10,12,22H,5,8-9,11H2,1-3H3,(H,18,21). The number of nitrogens with one attached hydrogen (secondary N) is 1. The van der Waals surface area contributed by atoms with E-state index in [1.54, 1.807) is 30.0 Å². The lowest BCUT2D eigenvalue weighted by Crippen LogP contribution is -2.44. The van der Waals surface area contributed by atoms with Crippen molar-refractivity contribution in [2.24, 2.45) is 5.92 Å². The summed E-state index contributed by atoms with van der Waals surface area (Å²) in [5, 5.41) is 12.9. The zero-order valence-electron chi connectivity index (χ0n) is 13.4. The van der Waals surface area contributed by atoms with Gasteiger partial charge in [0, 0.05) is 30.8 Å². The van der Waals surface area contributed by atoms with Crippen molar-refractivity contribution in [3.8, 4) is 0 Å². The summed E-state index contributed by atoms with van der Waals surface area (Å²) in [5.41, 5.74) is 0.306. The van der Waals surface area contributed by atoms with Crippen LogP contribution in [-0.2, 0) is 4.79 Å². The first-order chi connectivity index (χ1) is 10.3. The summed E-state index contributed by atoms with van der Waals surface area (Å²) in [6.45, 7) is 6.41. The number of hydrogen-bond donors (Lipinski definition) is 2. The molecule has 1 aromatic carbocycles. The molecule has 1 atom stereocenters. The molecule has 0 spiro atoms. The largest absolute Gasteiger partial charge is 0.388 e. The maximum atomic E-state index is 12.2. The van der Waals surface area contributed by atoms with Crippen molar-refractivity contribution in [1.29, 1.82) is 0 Å². The molecule has 0 radical (unpaired) electrons. The first kappa shape index (κ1) is 16.5. The summed E-state index contributed by atoms with van der Waals surface area (Å²) in [4.78, 5) is 25.7. The predicted molar refractivity (Wildman–Crippen MR) is 85.8 cm³/mol. The lowest BCUT2D eigenvalue weighted by atomic mass is 9.92. The molecular formula is C17H24N2O3. The van der Waals surface area contributed by atoms with Crippen LogP contribution in [0.15, 0.2) is 24.3 Å². The van der Waals surface area contributed by atoms with Crippen LogP contribution in [0.25, 0.3) is 0 Å². The Bertz CT molecular complexity index is 567. The number of rotatable bonds is 5. The lowest BCUT2D eigenvalue weighted by molar-refractivity contribution is -0.117. The maximum Gasteiger partial charge on any atom is 0.251 e. The highest BCUT2D eigenvalue weighted by Gasteiger charge is 2.26. The van der Waals surface area contributed by atoms with E-state index in [-0.39, 0.29) is 24.3 Å². The Hall–Kier alpha value is -1.88. The molecule has 22 heavy (non-hydrogen) atoms. The van der Waals surface area contributed by atoms with Crippen molar-refractivity contribution in [1.82, 2.24) is 5.32 Å². The number of aliphatic hydroxyl groups is 1. The summed E-state index contributed by atoms with van der Waals surface area (Å²) >= 11 is 0. The number of amides is 2. The fourth-order valence-electron chi connectivity index (χ4n) is 2.30. The molecule has 2 rings (SSSR count). The average Bonchev–Trinajstić information content (AvgIpc) is 2.91. The monoisotopic (exact) mass is 304 g/mol. The van der Waals surface area contributed by atoms with Crippen LogP contribution in [0.1, 0.15) is 44.0 Å². The molecule has 1 saturated heterocycles. The molecule has 0 saturated carbocycles. The molecule has 5 nitrogen and oxygen atoms in total. The highest BCUT2D eigenvalue weighted by atomic mass is 16.3. The van der Waals surface area contributed by atoms with Gasteiger partial charge in [0.25, 0.3) is 5.91 Å². The van der Waals surface area contributed by atoms with Crippen LogP contribution in [0, 0.1) is 5.92 Å². The number of nitrogens with zero attached hydrogens (tertiary/aromatic N) is 1. The molecule has 1 aliphatic rings. The van der Waals surface area contributed by atoms with Gasteiger partial charge < -0.3 is 15.3 Å². The summed E-state index contributed by atoms with van der Waals surface area (Å²) in [6, 6.07) is 7.05. The van der Waals surface area contributed by atoms with E-state index in [0.29, 0.717) is 18.5 Å². The Kier molecular flexibility index (Phi) is 4.86. The zero-order chi connectivity index (χ0) is 16.3.